The maximum Gasteiger partial charge on any atom is 0.289 e. The van der Waals surface area contributed by atoms with E-state index in [2.05, 4.69) is 15.9 Å². The SMILES string of the molecule is CCN(Cc1ccc2c(c1)OCCO2)C(=O)c1cc2cccc(Br)c2o1. The fourth-order valence-electron chi connectivity index (χ4n) is 3.02. The lowest BCUT2D eigenvalue weighted by Crippen LogP contribution is -2.30. The van der Waals surface area contributed by atoms with Gasteiger partial charge in [0, 0.05) is 18.5 Å². The number of furan rings is 1. The monoisotopic (exact) mass is 415 g/mol. The number of halogens is 1. The zero-order valence-corrected chi connectivity index (χ0v) is 15.9. The van der Waals surface area contributed by atoms with Crippen LogP contribution >= 0.6 is 15.9 Å². The number of nitrogens with zero attached hydrogens (tertiary/aromatic N) is 1. The molecule has 0 saturated carbocycles. The van der Waals surface area contributed by atoms with E-state index < -0.39 is 0 Å². The Bertz CT molecular complexity index is 966. The van der Waals surface area contributed by atoms with E-state index in [1.807, 2.05) is 43.3 Å². The van der Waals surface area contributed by atoms with Crippen LogP contribution in [0.5, 0.6) is 11.5 Å². The van der Waals surface area contributed by atoms with Gasteiger partial charge >= 0.3 is 0 Å². The van der Waals surface area contributed by atoms with E-state index in [9.17, 15) is 4.79 Å². The van der Waals surface area contributed by atoms with Crippen molar-refractivity contribution in [1.29, 1.82) is 0 Å². The van der Waals surface area contributed by atoms with Crippen LogP contribution in [0.4, 0.5) is 0 Å². The molecule has 0 spiro atoms. The Morgan fingerprint density at radius 1 is 1.12 bits per heavy atom. The molecular formula is C20H18BrNO4. The molecular weight excluding hydrogens is 398 g/mol. The lowest BCUT2D eigenvalue weighted by molar-refractivity contribution is 0.0722. The highest BCUT2D eigenvalue weighted by molar-refractivity contribution is 9.10. The largest absolute Gasteiger partial charge is 0.486 e. The van der Waals surface area contributed by atoms with E-state index >= 15 is 0 Å². The minimum absolute atomic E-state index is 0.134. The maximum atomic E-state index is 12.9. The minimum Gasteiger partial charge on any atom is -0.486 e. The molecule has 6 heteroatoms. The van der Waals surface area contributed by atoms with Gasteiger partial charge in [0.25, 0.3) is 5.91 Å². The number of carbonyl (C=O) groups is 1. The standard InChI is InChI=1S/C20H18BrNO4/c1-2-22(12-13-6-7-16-17(10-13)25-9-8-24-16)20(23)18-11-14-4-3-5-15(21)19(14)26-18/h3-7,10-11H,2,8-9,12H2,1H3. The van der Waals surface area contributed by atoms with Gasteiger partial charge in [0.05, 0.1) is 4.47 Å². The summed E-state index contributed by atoms with van der Waals surface area (Å²) in [6, 6.07) is 13.3. The molecule has 1 amide bonds. The molecule has 0 aliphatic carbocycles. The van der Waals surface area contributed by atoms with Crippen LogP contribution in [0.15, 0.2) is 51.4 Å². The van der Waals surface area contributed by atoms with Crippen molar-refractivity contribution >= 4 is 32.8 Å². The summed E-state index contributed by atoms with van der Waals surface area (Å²) in [5, 5.41) is 0.901. The van der Waals surface area contributed by atoms with Gasteiger partial charge in [-0.05, 0) is 52.7 Å². The third-order valence-electron chi connectivity index (χ3n) is 4.36. The molecule has 0 fully saturated rings. The number of amides is 1. The average molecular weight is 416 g/mol. The highest BCUT2D eigenvalue weighted by Gasteiger charge is 2.21. The number of ether oxygens (including phenoxy) is 2. The summed E-state index contributed by atoms with van der Waals surface area (Å²) in [5.74, 6) is 1.68. The van der Waals surface area contributed by atoms with Crippen molar-refractivity contribution in [1.82, 2.24) is 4.90 Å². The first kappa shape index (κ1) is 17.0. The van der Waals surface area contributed by atoms with Crippen LogP contribution in [0.1, 0.15) is 23.0 Å². The lowest BCUT2D eigenvalue weighted by Gasteiger charge is -2.22. The second-order valence-corrected chi connectivity index (χ2v) is 6.92. The van der Waals surface area contributed by atoms with Crippen LogP contribution in [-0.2, 0) is 6.54 Å². The Morgan fingerprint density at radius 3 is 2.69 bits per heavy atom. The smallest absolute Gasteiger partial charge is 0.289 e. The third-order valence-corrected chi connectivity index (χ3v) is 4.98. The number of para-hydroxylation sites is 1. The van der Waals surface area contributed by atoms with Crippen molar-refractivity contribution in [2.24, 2.45) is 0 Å². The van der Waals surface area contributed by atoms with Gasteiger partial charge in [-0.1, -0.05) is 18.2 Å². The van der Waals surface area contributed by atoms with E-state index in [1.54, 1.807) is 11.0 Å². The predicted octanol–water partition coefficient (Wildman–Crippen LogP) is 4.63. The molecule has 0 bridgehead atoms. The zero-order valence-electron chi connectivity index (χ0n) is 14.3. The van der Waals surface area contributed by atoms with Crippen molar-refractivity contribution in [3.8, 4) is 11.5 Å². The van der Waals surface area contributed by atoms with Gasteiger partial charge in [-0.15, -0.1) is 0 Å². The summed E-state index contributed by atoms with van der Waals surface area (Å²) >= 11 is 3.46. The van der Waals surface area contributed by atoms with Gasteiger partial charge < -0.3 is 18.8 Å². The first-order valence-electron chi connectivity index (χ1n) is 8.51. The molecule has 0 saturated heterocycles. The van der Waals surface area contributed by atoms with Gasteiger partial charge in [-0.3, -0.25) is 4.79 Å². The molecule has 26 heavy (non-hydrogen) atoms. The highest BCUT2D eigenvalue weighted by Crippen LogP contribution is 2.32. The number of fused-ring (bicyclic) bond motifs is 2. The third kappa shape index (κ3) is 3.17. The van der Waals surface area contributed by atoms with E-state index in [-0.39, 0.29) is 5.91 Å². The van der Waals surface area contributed by atoms with Crippen LogP contribution in [0.3, 0.4) is 0 Å². The van der Waals surface area contributed by atoms with E-state index in [1.165, 1.54) is 0 Å². The molecule has 1 aromatic heterocycles. The molecule has 5 nitrogen and oxygen atoms in total. The summed E-state index contributed by atoms with van der Waals surface area (Å²) in [5.41, 5.74) is 1.67. The van der Waals surface area contributed by atoms with Crippen molar-refractivity contribution in [3.63, 3.8) is 0 Å². The van der Waals surface area contributed by atoms with Crippen LogP contribution in [-0.4, -0.2) is 30.6 Å². The molecule has 0 atom stereocenters. The molecule has 0 radical (unpaired) electrons. The molecule has 2 aromatic carbocycles. The van der Waals surface area contributed by atoms with Crippen LogP contribution in [0.25, 0.3) is 11.0 Å². The summed E-state index contributed by atoms with van der Waals surface area (Å²) < 4.78 is 17.8. The lowest BCUT2D eigenvalue weighted by atomic mass is 10.1. The Hall–Kier alpha value is -2.47. The average Bonchev–Trinajstić information content (AvgIpc) is 3.11. The quantitative estimate of drug-likeness (QED) is 0.623. The number of hydrogen-bond acceptors (Lipinski definition) is 4. The van der Waals surface area contributed by atoms with Crippen LogP contribution < -0.4 is 9.47 Å². The molecule has 1 aliphatic rings. The summed E-state index contributed by atoms with van der Waals surface area (Å²) in [6.07, 6.45) is 0. The first-order chi connectivity index (χ1) is 12.7. The molecule has 4 rings (SSSR count). The zero-order chi connectivity index (χ0) is 18.1. The summed E-state index contributed by atoms with van der Waals surface area (Å²) in [4.78, 5) is 14.7. The number of carbonyl (C=O) groups excluding carboxylic acids is 1. The highest BCUT2D eigenvalue weighted by atomic mass is 79.9. The molecule has 3 aromatic rings. The van der Waals surface area contributed by atoms with Gasteiger partial charge in [0.15, 0.2) is 17.3 Å². The van der Waals surface area contributed by atoms with Crippen molar-refractivity contribution in [3.05, 3.63) is 58.3 Å². The normalized spacial score (nSPS) is 13.0. The van der Waals surface area contributed by atoms with E-state index in [4.69, 9.17) is 13.9 Å². The molecule has 2 heterocycles. The van der Waals surface area contributed by atoms with Gasteiger partial charge in [0.2, 0.25) is 0 Å². The Morgan fingerprint density at radius 2 is 1.92 bits per heavy atom. The fraction of sp³-hybridized carbons (Fsp3) is 0.250. The predicted molar refractivity (Wildman–Crippen MR) is 102 cm³/mol. The topological polar surface area (TPSA) is 51.9 Å². The van der Waals surface area contributed by atoms with Gasteiger partial charge in [0.1, 0.15) is 18.8 Å². The van der Waals surface area contributed by atoms with Crippen molar-refractivity contribution in [2.45, 2.75) is 13.5 Å². The van der Waals surface area contributed by atoms with Crippen molar-refractivity contribution in [2.75, 3.05) is 19.8 Å². The number of hydrogen-bond donors (Lipinski definition) is 0. The Kier molecular flexibility index (Phi) is 4.59. The molecule has 1 aliphatic heterocycles. The molecule has 134 valence electrons. The summed E-state index contributed by atoms with van der Waals surface area (Å²) in [7, 11) is 0. The Labute approximate surface area is 159 Å². The second kappa shape index (κ2) is 7.03. The first-order valence-corrected chi connectivity index (χ1v) is 9.31. The number of rotatable bonds is 4. The Balaban J connectivity index is 1.58. The second-order valence-electron chi connectivity index (χ2n) is 6.07. The minimum atomic E-state index is -0.134. The van der Waals surface area contributed by atoms with Crippen LogP contribution in [0.2, 0.25) is 0 Å². The van der Waals surface area contributed by atoms with Gasteiger partial charge in [-0.2, -0.15) is 0 Å². The van der Waals surface area contributed by atoms with E-state index in [0.29, 0.717) is 37.6 Å². The van der Waals surface area contributed by atoms with E-state index in [0.717, 1.165) is 26.9 Å². The number of benzene rings is 2. The molecule has 0 N–H and O–H groups in total. The van der Waals surface area contributed by atoms with Crippen molar-refractivity contribution < 1.29 is 18.7 Å². The fourth-order valence-corrected chi connectivity index (χ4v) is 3.48. The van der Waals surface area contributed by atoms with Crippen LogP contribution in [0, 0.1) is 0 Å². The molecule has 0 unspecified atom stereocenters. The summed E-state index contributed by atoms with van der Waals surface area (Å²) in [6.45, 7) is 4.11. The maximum absolute atomic E-state index is 12.9. The van der Waals surface area contributed by atoms with Gasteiger partial charge in [-0.25, -0.2) is 0 Å².